The molecule has 1 amide bonds. The Morgan fingerprint density at radius 1 is 1.10 bits per heavy atom. The van der Waals surface area contributed by atoms with E-state index < -0.39 is 17.7 Å². The molecule has 10 nitrogen and oxygen atoms in total. The number of fused-ring (bicyclic) bond motifs is 2. The number of carbonyl (C=O) groups is 1. The van der Waals surface area contributed by atoms with Crippen LogP contribution in [0.3, 0.4) is 0 Å². The Kier molecular flexibility index (Phi) is 6.57. The zero-order valence-electron chi connectivity index (χ0n) is 22.5. The molecule has 12 heteroatoms. The molecule has 2 aliphatic heterocycles. The number of anilines is 2. The summed E-state index contributed by atoms with van der Waals surface area (Å²) < 4.78 is 31.8. The maximum absolute atomic E-state index is 15.0. The van der Waals surface area contributed by atoms with Crippen molar-refractivity contribution in [3.63, 3.8) is 0 Å². The second-order valence-corrected chi connectivity index (χ2v) is 10.8. The molecule has 2 unspecified atom stereocenters. The predicted molar refractivity (Wildman–Crippen MR) is 145 cm³/mol. The molecular formula is C28H30F2N8O2. The summed E-state index contributed by atoms with van der Waals surface area (Å²) in [4.78, 5) is 32.5. The molecular weight excluding hydrogens is 518 g/mol. The van der Waals surface area contributed by atoms with Gasteiger partial charge in [-0.05, 0) is 56.9 Å². The highest BCUT2D eigenvalue weighted by molar-refractivity contribution is 5.84. The molecule has 0 aliphatic carbocycles. The van der Waals surface area contributed by atoms with Crippen LogP contribution in [0.2, 0.25) is 0 Å². The van der Waals surface area contributed by atoms with Gasteiger partial charge in [-0.2, -0.15) is 0 Å². The highest BCUT2D eigenvalue weighted by Crippen LogP contribution is 2.33. The van der Waals surface area contributed by atoms with Gasteiger partial charge in [0.05, 0.1) is 17.8 Å². The molecule has 0 bridgehead atoms. The van der Waals surface area contributed by atoms with Crippen LogP contribution in [0.4, 0.5) is 25.3 Å². The van der Waals surface area contributed by atoms with Crippen LogP contribution in [0.25, 0.3) is 22.2 Å². The fraction of sp³-hybridized carbons (Fsp3) is 0.393. The number of aromatic nitrogens is 5. The summed E-state index contributed by atoms with van der Waals surface area (Å²) in [6, 6.07) is 4.64. The lowest BCUT2D eigenvalue weighted by Gasteiger charge is -2.22. The zero-order chi connectivity index (χ0) is 28.1. The molecule has 2 atom stereocenters. The van der Waals surface area contributed by atoms with Crippen molar-refractivity contribution in [2.24, 2.45) is 5.92 Å². The van der Waals surface area contributed by atoms with E-state index in [1.54, 1.807) is 23.4 Å². The Bertz CT molecular complexity index is 1590. The molecule has 2 N–H and O–H groups in total. The summed E-state index contributed by atoms with van der Waals surface area (Å²) in [6.45, 7) is 8.57. The van der Waals surface area contributed by atoms with Crippen LogP contribution in [-0.2, 0) is 6.54 Å². The van der Waals surface area contributed by atoms with Gasteiger partial charge in [0.1, 0.15) is 23.0 Å². The number of nitrogens with zero attached hydrogens (tertiary/aromatic N) is 7. The van der Waals surface area contributed by atoms with E-state index in [2.05, 4.69) is 30.2 Å². The van der Waals surface area contributed by atoms with Gasteiger partial charge < -0.3 is 19.9 Å². The largest absolute Gasteiger partial charge is 0.465 e. The second kappa shape index (κ2) is 10.1. The lowest BCUT2D eigenvalue weighted by atomic mass is 10.0. The first-order valence-corrected chi connectivity index (χ1v) is 13.3. The lowest BCUT2D eigenvalue weighted by Crippen LogP contribution is -2.38. The number of hydrogen-bond donors (Lipinski definition) is 2. The van der Waals surface area contributed by atoms with Crippen LogP contribution in [0.15, 0.2) is 36.8 Å². The van der Waals surface area contributed by atoms with Gasteiger partial charge in [-0.25, -0.2) is 33.5 Å². The maximum atomic E-state index is 15.0. The van der Waals surface area contributed by atoms with Gasteiger partial charge in [0, 0.05) is 55.7 Å². The number of hydrogen-bond acceptors (Lipinski definition) is 7. The Hall–Kier alpha value is -4.19. The van der Waals surface area contributed by atoms with E-state index in [1.807, 2.05) is 25.3 Å². The van der Waals surface area contributed by atoms with Crippen molar-refractivity contribution in [3.8, 4) is 11.1 Å². The summed E-state index contributed by atoms with van der Waals surface area (Å²) in [7, 11) is 0. The minimum Gasteiger partial charge on any atom is -0.465 e. The molecule has 6 rings (SSSR count). The summed E-state index contributed by atoms with van der Waals surface area (Å²) in [6.07, 6.45) is 4.54. The number of rotatable bonds is 6. The van der Waals surface area contributed by atoms with E-state index >= 15 is 0 Å². The van der Waals surface area contributed by atoms with Crippen molar-refractivity contribution in [2.45, 2.75) is 45.8 Å². The predicted octanol–water partition coefficient (Wildman–Crippen LogP) is 4.98. The van der Waals surface area contributed by atoms with Gasteiger partial charge in [0.15, 0.2) is 5.82 Å². The number of benzene rings is 1. The molecule has 1 aromatic carbocycles. The van der Waals surface area contributed by atoms with E-state index in [4.69, 9.17) is 0 Å². The summed E-state index contributed by atoms with van der Waals surface area (Å²) in [5.41, 5.74) is 2.33. The summed E-state index contributed by atoms with van der Waals surface area (Å²) in [5, 5.41) is 12.4. The SMILES string of the molecule is Cc1nc2c(F)cc(-c3cc(Nc4ncc(CN5CC6CCN(C(=O)O)C6C5)cn4)ncc3F)cc2n1C(C)C. The van der Waals surface area contributed by atoms with E-state index in [-0.39, 0.29) is 23.2 Å². The Morgan fingerprint density at radius 3 is 2.60 bits per heavy atom. The first kappa shape index (κ1) is 26.1. The van der Waals surface area contributed by atoms with Gasteiger partial charge in [0.2, 0.25) is 5.95 Å². The molecule has 0 radical (unpaired) electrons. The number of imidazole rings is 1. The third-order valence-corrected chi connectivity index (χ3v) is 7.83. The van der Waals surface area contributed by atoms with E-state index in [0.717, 1.165) is 24.7 Å². The third-order valence-electron chi connectivity index (χ3n) is 7.83. The van der Waals surface area contributed by atoms with Crippen LogP contribution in [0.1, 0.15) is 37.7 Å². The minimum atomic E-state index is -0.853. The number of nitrogens with one attached hydrogen (secondary N) is 1. The minimum absolute atomic E-state index is 0.0437. The van der Waals surface area contributed by atoms with Gasteiger partial charge in [0.25, 0.3) is 0 Å². The van der Waals surface area contributed by atoms with Crippen LogP contribution < -0.4 is 5.32 Å². The third kappa shape index (κ3) is 4.72. The first-order chi connectivity index (χ1) is 19.2. The molecule has 4 aromatic rings. The van der Waals surface area contributed by atoms with E-state index in [9.17, 15) is 18.7 Å². The number of likely N-dealkylation sites (tertiary alicyclic amines) is 2. The highest BCUT2D eigenvalue weighted by Gasteiger charge is 2.43. The smallest absolute Gasteiger partial charge is 0.407 e. The van der Waals surface area contributed by atoms with Crippen LogP contribution in [0, 0.1) is 24.5 Å². The van der Waals surface area contributed by atoms with Crippen molar-refractivity contribution in [1.82, 2.24) is 34.3 Å². The van der Waals surface area contributed by atoms with Crippen molar-refractivity contribution >= 4 is 28.9 Å². The van der Waals surface area contributed by atoms with Crippen LogP contribution >= 0.6 is 0 Å². The average molecular weight is 549 g/mol. The summed E-state index contributed by atoms with van der Waals surface area (Å²) >= 11 is 0. The normalized spacial score (nSPS) is 19.1. The fourth-order valence-corrected chi connectivity index (χ4v) is 6.09. The molecule has 40 heavy (non-hydrogen) atoms. The molecule has 208 valence electrons. The fourth-order valence-electron chi connectivity index (χ4n) is 6.09. The van der Waals surface area contributed by atoms with Crippen molar-refractivity contribution < 1.29 is 18.7 Å². The number of pyridine rings is 1. The van der Waals surface area contributed by atoms with Gasteiger partial charge in [-0.15, -0.1) is 0 Å². The number of amides is 1. The molecule has 2 saturated heterocycles. The van der Waals surface area contributed by atoms with Crippen LogP contribution in [-0.4, -0.2) is 71.2 Å². The van der Waals surface area contributed by atoms with Gasteiger partial charge in [-0.3, -0.25) is 4.90 Å². The lowest BCUT2D eigenvalue weighted by molar-refractivity contribution is 0.136. The summed E-state index contributed by atoms with van der Waals surface area (Å²) in [5.74, 6) is 0.565. The topological polar surface area (TPSA) is 112 Å². The average Bonchev–Trinajstić information content (AvgIpc) is 3.58. The molecule has 2 fully saturated rings. The highest BCUT2D eigenvalue weighted by atomic mass is 19.1. The Morgan fingerprint density at radius 2 is 1.88 bits per heavy atom. The van der Waals surface area contributed by atoms with Crippen LogP contribution in [0.5, 0.6) is 0 Å². The van der Waals surface area contributed by atoms with E-state index in [1.165, 1.54) is 12.1 Å². The van der Waals surface area contributed by atoms with Gasteiger partial charge >= 0.3 is 6.09 Å². The van der Waals surface area contributed by atoms with E-state index in [0.29, 0.717) is 54.2 Å². The zero-order valence-corrected chi connectivity index (χ0v) is 22.5. The Labute approximate surface area is 229 Å². The van der Waals surface area contributed by atoms with Gasteiger partial charge in [-0.1, -0.05) is 0 Å². The molecule has 5 heterocycles. The molecule has 2 aliphatic rings. The quantitative estimate of drug-likeness (QED) is 0.347. The number of carboxylic acid groups (broad SMARTS) is 1. The first-order valence-electron chi connectivity index (χ1n) is 13.3. The molecule has 3 aromatic heterocycles. The number of halogens is 2. The Balaban J connectivity index is 1.18. The van der Waals surface area contributed by atoms with Crippen molar-refractivity contribution in [3.05, 3.63) is 59.8 Å². The monoisotopic (exact) mass is 548 g/mol. The maximum Gasteiger partial charge on any atom is 0.407 e. The van der Waals surface area contributed by atoms with Crippen molar-refractivity contribution in [1.29, 1.82) is 0 Å². The number of aryl methyl sites for hydroxylation is 1. The molecule has 0 spiro atoms. The standard InChI is InChI=1S/C28H30F2N8O2/c1-15(2)38-16(3)34-26-21(29)6-19(7-23(26)38)20-8-25(31-11-22(20)30)35-27-32-9-17(10-33-27)12-36-13-18-4-5-37(28(39)40)24(18)14-36/h6-11,15,18,24H,4-5,12-14H2,1-3H3,(H,39,40)(H,31,32,33,35). The molecule has 0 saturated carbocycles. The van der Waals surface area contributed by atoms with Crippen molar-refractivity contribution in [2.75, 3.05) is 25.0 Å². The second-order valence-electron chi connectivity index (χ2n) is 10.8.